The Kier molecular flexibility index (Phi) is 5.24. The van der Waals surface area contributed by atoms with E-state index in [0.717, 1.165) is 21.8 Å². The highest BCUT2D eigenvalue weighted by Crippen LogP contribution is 2.38. The first-order valence-electron chi connectivity index (χ1n) is 11.1. The van der Waals surface area contributed by atoms with Crippen LogP contribution in [0.2, 0.25) is 0 Å². The second-order valence-corrected chi connectivity index (χ2v) is 9.06. The normalized spacial score (nSPS) is 18.2. The average molecular weight is 478 g/mol. The molecule has 0 saturated carbocycles. The molecular formula is C28H19N3O3S. The van der Waals surface area contributed by atoms with Crippen LogP contribution in [0.4, 0.5) is 11.4 Å². The molecule has 170 valence electrons. The minimum atomic E-state index is -0.488. The van der Waals surface area contributed by atoms with Crippen molar-refractivity contribution in [2.45, 2.75) is 6.17 Å². The fraction of sp³-hybridized carbons (Fsp3) is 0.0357. The number of para-hydroxylation sites is 1. The van der Waals surface area contributed by atoms with E-state index < -0.39 is 5.97 Å². The molecule has 0 bridgehead atoms. The number of amides is 1. The Bertz CT molecular complexity index is 1480. The fourth-order valence-electron chi connectivity index (χ4n) is 4.17. The molecule has 7 heteroatoms. The lowest BCUT2D eigenvalue weighted by Gasteiger charge is -2.37. The van der Waals surface area contributed by atoms with Crippen LogP contribution in [0.3, 0.4) is 0 Å². The van der Waals surface area contributed by atoms with Crippen LogP contribution in [0, 0.1) is 0 Å². The summed E-state index contributed by atoms with van der Waals surface area (Å²) in [5.74, 6) is -0.326. The van der Waals surface area contributed by atoms with Crippen LogP contribution in [0.1, 0.15) is 32.5 Å². The van der Waals surface area contributed by atoms with Crippen molar-refractivity contribution in [1.82, 2.24) is 0 Å². The van der Waals surface area contributed by atoms with Crippen molar-refractivity contribution in [2.24, 2.45) is 4.99 Å². The Morgan fingerprint density at radius 1 is 0.886 bits per heavy atom. The summed E-state index contributed by atoms with van der Waals surface area (Å²) < 4.78 is 5.42. The molecule has 3 aromatic carbocycles. The molecule has 0 aliphatic carbocycles. The Morgan fingerprint density at radius 3 is 2.43 bits per heavy atom. The minimum absolute atomic E-state index is 0.0804. The first kappa shape index (κ1) is 21.1. The maximum atomic E-state index is 13.5. The lowest BCUT2D eigenvalue weighted by Crippen LogP contribution is -2.42. The lowest BCUT2D eigenvalue weighted by molar-refractivity contribution is -0.129. The molecule has 0 fully saturated rings. The lowest BCUT2D eigenvalue weighted by atomic mass is 10.1. The molecule has 6 nitrogen and oxygen atoms in total. The highest BCUT2D eigenvalue weighted by molar-refractivity contribution is 7.10. The summed E-state index contributed by atoms with van der Waals surface area (Å²) in [6, 6.07) is 28.3. The van der Waals surface area contributed by atoms with Crippen LogP contribution in [-0.2, 0) is 9.53 Å². The molecule has 0 radical (unpaired) electrons. The van der Waals surface area contributed by atoms with Gasteiger partial charge in [0.05, 0.1) is 5.56 Å². The zero-order chi connectivity index (χ0) is 23.8. The number of rotatable bonds is 4. The van der Waals surface area contributed by atoms with Gasteiger partial charge < -0.3 is 10.1 Å². The molecule has 35 heavy (non-hydrogen) atoms. The molecule has 1 N–H and O–H groups in total. The van der Waals surface area contributed by atoms with E-state index in [4.69, 9.17) is 4.74 Å². The van der Waals surface area contributed by atoms with Crippen LogP contribution >= 0.6 is 11.3 Å². The number of nitrogens with one attached hydrogen (secondary N) is 1. The predicted molar refractivity (Wildman–Crippen MR) is 137 cm³/mol. The molecule has 1 amide bonds. The quantitative estimate of drug-likeness (QED) is 0.295. The number of anilines is 2. The highest BCUT2D eigenvalue weighted by atomic mass is 32.1. The van der Waals surface area contributed by atoms with E-state index in [1.807, 2.05) is 96.4 Å². The van der Waals surface area contributed by atoms with Gasteiger partial charge in [-0.2, -0.15) is 0 Å². The smallest absolute Gasteiger partial charge is 0.363 e. The number of carbonyl (C=O) groups is 2. The van der Waals surface area contributed by atoms with Gasteiger partial charge in [-0.25, -0.2) is 9.79 Å². The van der Waals surface area contributed by atoms with E-state index in [1.54, 1.807) is 22.3 Å². The van der Waals surface area contributed by atoms with Crippen molar-refractivity contribution < 1.29 is 14.3 Å². The number of ether oxygens (including phenoxy) is 1. The summed E-state index contributed by atoms with van der Waals surface area (Å²) in [5.41, 5.74) is 3.94. The molecule has 3 heterocycles. The Morgan fingerprint density at radius 2 is 1.66 bits per heavy atom. The van der Waals surface area contributed by atoms with Crippen molar-refractivity contribution >= 4 is 46.6 Å². The third kappa shape index (κ3) is 3.92. The van der Waals surface area contributed by atoms with Crippen LogP contribution in [-0.4, -0.2) is 17.8 Å². The largest absolute Gasteiger partial charge is 0.402 e. The number of esters is 1. The molecule has 4 aromatic rings. The van der Waals surface area contributed by atoms with Crippen LogP contribution in [0.5, 0.6) is 0 Å². The summed E-state index contributed by atoms with van der Waals surface area (Å²) >= 11 is 1.59. The average Bonchev–Trinajstić information content (AvgIpc) is 3.55. The number of hydrogen-bond donors (Lipinski definition) is 1. The molecule has 2 aliphatic heterocycles. The van der Waals surface area contributed by atoms with Gasteiger partial charge in [0.2, 0.25) is 5.90 Å². The maximum absolute atomic E-state index is 13.5. The van der Waals surface area contributed by atoms with Gasteiger partial charge in [0.1, 0.15) is 6.17 Å². The van der Waals surface area contributed by atoms with Crippen molar-refractivity contribution in [2.75, 3.05) is 10.2 Å². The summed E-state index contributed by atoms with van der Waals surface area (Å²) in [6.45, 7) is 0. The second kappa shape index (κ2) is 8.70. The number of carbonyl (C=O) groups excluding carboxylic acids is 2. The van der Waals surface area contributed by atoms with Gasteiger partial charge in [-0.3, -0.25) is 9.69 Å². The van der Waals surface area contributed by atoms with Crippen molar-refractivity contribution in [3.05, 3.63) is 124 Å². The van der Waals surface area contributed by atoms with E-state index in [-0.39, 0.29) is 23.7 Å². The van der Waals surface area contributed by atoms with E-state index in [2.05, 4.69) is 10.3 Å². The first-order valence-corrected chi connectivity index (χ1v) is 12.0. The summed E-state index contributed by atoms with van der Waals surface area (Å²) in [6.07, 6.45) is 1.37. The predicted octanol–water partition coefficient (Wildman–Crippen LogP) is 5.86. The van der Waals surface area contributed by atoms with Gasteiger partial charge in [0.15, 0.2) is 5.70 Å². The van der Waals surface area contributed by atoms with Gasteiger partial charge in [0.25, 0.3) is 5.91 Å². The van der Waals surface area contributed by atoms with Crippen LogP contribution in [0.25, 0.3) is 6.08 Å². The monoisotopic (exact) mass is 477 g/mol. The Labute approximate surface area is 205 Å². The fourth-order valence-corrected chi connectivity index (χ4v) is 4.93. The SMILES string of the molecule is O=C1OC(c2ccc(N3C(=O)c4ccccc4NC3c3cccs3)cc2)=NC1=Cc1ccccc1. The molecule has 1 atom stereocenters. The molecule has 1 unspecified atom stereocenters. The highest BCUT2D eigenvalue weighted by Gasteiger charge is 2.34. The van der Waals surface area contributed by atoms with Gasteiger partial charge in [-0.05, 0) is 59.5 Å². The van der Waals surface area contributed by atoms with E-state index >= 15 is 0 Å². The van der Waals surface area contributed by atoms with Gasteiger partial charge in [-0.1, -0.05) is 48.5 Å². The summed E-state index contributed by atoms with van der Waals surface area (Å²) in [5, 5.41) is 5.49. The Hall–Kier alpha value is -4.49. The van der Waals surface area contributed by atoms with E-state index in [9.17, 15) is 9.59 Å². The third-order valence-electron chi connectivity index (χ3n) is 5.86. The number of fused-ring (bicyclic) bond motifs is 1. The van der Waals surface area contributed by atoms with E-state index in [0.29, 0.717) is 11.1 Å². The van der Waals surface area contributed by atoms with Crippen LogP contribution in [0.15, 0.2) is 107 Å². The topological polar surface area (TPSA) is 71.0 Å². The number of thiophene rings is 1. The molecule has 0 saturated heterocycles. The number of aliphatic imine (C=N–C) groups is 1. The number of nitrogens with zero attached hydrogens (tertiary/aromatic N) is 2. The molecular weight excluding hydrogens is 458 g/mol. The summed E-state index contributed by atoms with van der Waals surface area (Å²) in [4.78, 5) is 33.0. The number of benzene rings is 3. The van der Waals surface area contributed by atoms with Crippen molar-refractivity contribution in [3.8, 4) is 0 Å². The van der Waals surface area contributed by atoms with Gasteiger partial charge >= 0.3 is 5.97 Å². The molecule has 0 spiro atoms. The van der Waals surface area contributed by atoms with Crippen LogP contribution < -0.4 is 10.2 Å². The Balaban J connectivity index is 1.32. The zero-order valence-electron chi connectivity index (χ0n) is 18.4. The molecule has 6 rings (SSSR count). The van der Waals surface area contributed by atoms with E-state index in [1.165, 1.54) is 0 Å². The third-order valence-corrected chi connectivity index (χ3v) is 6.78. The maximum Gasteiger partial charge on any atom is 0.363 e. The zero-order valence-corrected chi connectivity index (χ0v) is 19.2. The standard InChI is InChI=1S/C28H19N3O3S/c32-27-21-9-4-5-10-22(21)29-25(24-11-6-16-35-24)31(27)20-14-12-19(13-15-20)26-30-23(28(33)34-26)17-18-7-2-1-3-8-18/h1-17,25,29H. The van der Waals surface area contributed by atoms with Gasteiger partial charge in [0, 0.05) is 21.8 Å². The number of cyclic esters (lactones) is 1. The van der Waals surface area contributed by atoms with Crippen molar-refractivity contribution in [1.29, 1.82) is 0 Å². The molecule has 2 aliphatic rings. The van der Waals surface area contributed by atoms with Crippen molar-refractivity contribution in [3.63, 3.8) is 0 Å². The summed E-state index contributed by atoms with van der Waals surface area (Å²) in [7, 11) is 0. The van der Waals surface area contributed by atoms with Gasteiger partial charge in [-0.15, -0.1) is 11.3 Å². The molecule has 1 aromatic heterocycles. The second-order valence-electron chi connectivity index (χ2n) is 8.08. The minimum Gasteiger partial charge on any atom is -0.402 e. The first-order chi connectivity index (χ1) is 17.2. The number of hydrogen-bond acceptors (Lipinski definition) is 6.